The van der Waals surface area contributed by atoms with Crippen LogP contribution in [0.15, 0.2) is 0 Å². The molecule has 0 aromatic carbocycles. The molecular weight excluding hydrogens is 212 g/mol. The minimum absolute atomic E-state index is 0.287. The van der Waals surface area contributed by atoms with Crippen LogP contribution in [0.5, 0.6) is 0 Å². The van der Waals surface area contributed by atoms with Crippen molar-refractivity contribution in [3.05, 3.63) is 0 Å². The molecule has 0 aromatic heterocycles. The van der Waals surface area contributed by atoms with Crippen LogP contribution in [0, 0.1) is 11.8 Å². The number of hydrogen-bond donors (Lipinski definition) is 1. The zero-order chi connectivity index (χ0) is 12.9. The van der Waals surface area contributed by atoms with Gasteiger partial charge in [0.25, 0.3) is 0 Å². The normalized spacial score (nSPS) is 28.1. The Hall–Kier alpha value is -0.0800. The quantitative estimate of drug-likeness (QED) is 0.768. The van der Waals surface area contributed by atoms with Crippen LogP contribution in [0.2, 0.25) is 0 Å². The van der Waals surface area contributed by atoms with E-state index in [-0.39, 0.29) is 11.7 Å². The molecule has 0 heterocycles. The Labute approximate surface area is 107 Å². The molecule has 0 aromatic rings. The van der Waals surface area contributed by atoms with Gasteiger partial charge in [0, 0.05) is 6.61 Å². The van der Waals surface area contributed by atoms with Gasteiger partial charge >= 0.3 is 0 Å². The summed E-state index contributed by atoms with van der Waals surface area (Å²) in [5, 5.41) is 10.7. The second kappa shape index (κ2) is 6.75. The standard InChI is InChI=1S/C15H30O2/c1-5-15(6-2,17-7-3)14(16)13-10-8-12(4)9-11-13/h12-14,16H,5-11H2,1-4H3. The van der Waals surface area contributed by atoms with Crippen LogP contribution in [0.4, 0.5) is 0 Å². The van der Waals surface area contributed by atoms with Crippen LogP contribution < -0.4 is 0 Å². The molecule has 0 saturated heterocycles. The molecule has 0 bridgehead atoms. The molecule has 1 aliphatic carbocycles. The first kappa shape index (κ1) is 15.0. The van der Waals surface area contributed by atoms with E-state index in [1.54, 1.807) is 0 Å². The molecule has 0 spiro atoms. The summed E-state index contributed by atoms with van der Waals surface area (Å²) >= 11 is 0. The van der Waals surface area contributed by atoms with Crippen molar-refractivity contribution in [2.45, 2.75) is 77.9 Å². The number of aliphatic hydroxyl groups excluding tert-OH is 1. The highest BCUT2D eigenvalue weighted by molar-refractivity contribution is 4.91. The number of rotatable bonds is 6. The molecule has 2 nitrogen and oxygen atoms in total. The maximum Gasteiger partial charge on any atom is 0.0937 e. The van der Waals surface area contributed by atoms with E-state index in [0.717, 1.165) is 31.6 Å². The SMILES string of the molecule is CCOC(CC)(CC)C(O)C1CCC(C)CC1. The first-order valence-electron chi connectivity index (χ1n) is 7.41. The van der Waals surface area contributed by atoms with Gasteiger partial charge in [-0.3, -0.25) is 0 Å². The molecule has 1 unspecified atom stereocenters. The fourth-order valence-electron chi connectivity index (χ4n) is 3.28. The molecule has 0 aliphatic heterocycles. The highest BCUT2D eigenvalue weighted by atomic mass is 16.5. The second-order valence-electron chi connectivity index (χ2n) is 5.67. The van der Waals surface area contributed by atoms with Crippen LogP contribution in [-0.4, -0.2) is 23.4 Å². The predicted molar refractivity (Wildman–Crippen MR) is 72.1 cm³/mol. The fraction of sp³-hybridized carbons (Fsp3) is 1.00. The molecule has 102 valence electrons. The summed E-state index contributed by atoms with van der Waals surface area (Å²) in [5.74, 6) is 1.28. The lowest BCUT2D eigenvalue weighted by Crippen LogP contribution is -2.48. The van der Waals surface area contributed by atoms with Crippen molar-refractivity contribution in [1.82, 2.24) is 0 Å². The summed E-state index contributed by atoms with van der Waals surface area (Å²) < 4.78 is 5.92. The third-order valence-corrected chi connectivity index (χ3v) is 4.67. The Bertz CT molecular complexity index is 203. The van der Waals surface area contributed by atoms with Crippen molar-refractivity contribution in [2.24, 2.45) is 11.8 Å². The van der Waals surface area contributed by atoms with Crippen molar-refractivity contribution in [3.63, 3.8) is 0 Å². The second-order valence-corrected chi connectivity index (χ2v) is 5.67. The first-order chi connectivity index (χ1) is 8.09. The average Bonchev–Trinajstić information content (AvgIpc) is 2.36. The Morgan fingerprint density at radius 2 is 1.65 bits per heavy atom. The van der Waals surface area contributed by atoms with Gasteiger partial charge in [-0.05, 0) is 44.4 Å². The van der Waals surface area contributed by atoms with E-state index in [2.05, 4.69) is 20.8 Å². The molecule has 1 rings (SSSR count). The number of ether oxygens (including phenoxy) is 1. The van der Waals surface area contributed by atoms with Crippen LogP contribution in [0.25, 0.3) is 0 Å². The molecule has 1 atom stereocenters. The van der Waals surface area contributed by atoms with E-state index in [0.29, 0.717) is 12.5 Å². The lowest BCUT2D eigenvalue weighted by Gasteiger charge is -2.42. The van der Waals surface area contributed by atoms with Gasteiger partial charge in [-0.1, -0.05) is 33.6 Å². The minimum Gasteiger partial charge on any atom is -0.390 e. The topological polar surface area (TPSA) is 29.5 Å². The molecule has 1 N–H and O–H groups in total. The Kier molecular flexibility index (Phi) is 5.94. The van der Waals surface area contributed by atoms with Crippen molar-refractivity contribution in [1.29, 1.82) is 0 Å². The van der Waals surface area contributed by atoms with Crippen molar-refractivity contribution < 1.29 is 9.84 Å². The monoisotopic (exact) mass is 242 g/mol. The molecule has 17 heavy (non-hydrogen) atoms. The Morgan fingerprint density at radius 1 is 1.12 bits per heavy atom. The lowest BCUT2D eigenvalue weighted by molar-refractivity contribution is -0.148. The van der Waals surface area contributed by atoms with Crippen LogP contribution in [-0.2, 0) is 4.74 Å². The zero-order valence-electron chi connectivity index (χ0n) is 12.0. The van der Waals surface area contributed by atoms with E-state index in [1.807, 2.05) is 6.92 Å². The van der Waals surface area contributed by atoms with Gasteiger partial charge < -0.3 is 9.84 Å². The zero-order valence-corrected chi connectivity index (χ0v) is 12.0. The van der Waals surface area contributed by atoms with Crippen molar-refractivity contribution in [2.75, 3.05) is 6.61 Å². The van der Waals surface area contributed by atoms with Gasteiger partial charge in [-0.15, -0.1) is 0 Å². The van der Waals surface area contributed by atoms with Gasteiger partial charge in [0.05, 0.1) is 11.7 Å². The molecular formula is C15H30O2. The largest absolute Gasteiger partial charge is 0.390 e. The van der Waals surface area contributed by atoms with Crippen LogP contribution in [0.1, 0.15) is 66.2 Å². The summed E-state index contributed by atoms with van der Waals surface area (Å²) in [4.78, 5) is 0. The minimum atomic E-state index is -0.306. The molecule has 1 fully saturated rings. The van der Waals surface area contributed by atoms with E-state index in [9.17, 15) is 5.11 Å². The van der Waals surface area contributed by atoms with E-state index >= 15 is 0 Å². The highest BCUT2D eigenvalue weighted by Gasteiger charge is 2.40. The van der Waals surface area contributed by atoms with Gasteiger partial charge in [0.15, 0.2) is 0 Å². The van der Waals surface area contributed by atoms with Crippen LogP contribution in [0.3, 0.4) is 0 Å². The smallest absolute Gasteiger partial charge is 0.0937 e. The van der Waals surface area contributed by atoms with E-state index < -0.39 is 0 Å². The highest BCUT2D eigenvalue weighted by Crippen LogP contribution is 2.37. The van der Waals surface area contributed by atoms with Gasteiger partial charge in [0.1, 0.15) is 0 Å². The summed E-state index contributed by atoms with van der Waals surface area (Å²) in [6.45, 7) is 9.30. The summed E-state index contributed by atoms with van der Waals surface area (Å²) in [7, 11) is 0. The van der Waals surface area contributed by atoms with Gasteiger partial charge in [-0.25, -0.2) is 0 Å². The van der Waals surface area contributed by atoms with Crippen molar-refractivity contribution >= 4 is 0 Å². The summed E-state index contributed by atoms with van der Waals surface area (Å²) in [6, 6.07) is 0. The van der Waals surface area contributed by atoms with Crippen molar-refractivity contribution in [3.8, 4) is 0 Å². The molecule has 0 radical (unpaired) electrons. The third kappa shape index (κ3) is 3.45. The van der Waals surface area contributed by atoms with E-state index in [4.69, 9.17) is 4.74 Å². The number of hydrogen-bond acceptors (Lipinski definition) is 2. The summed E-state index contributed by atoms with van der Waals surface area (Å²) in [6.07, 6.45) is 6.38. The predicted octanol–water partition coefficient (Wildman–Crippen LogP) is 3.77. The van der Waals surface area contributed by atoms with E-state index in [1.165, 1.54) is 12.8 Å². The van der Waals surface area contributed by atoms with Gasteiger partial charge in [0.2, 0.25) is 0 Å². The molecule has 1 saturated carbocycles. The maximum absolute atomic E-state index is 10.7. The number of aliphatic hydroxyl groups is 1. The van der Waals surface area contributed by atoms with Crippen LogP contribution >= 0.6 is 0 Å². The Morgan fingerprint density at radius 3 is 2.06 bits per heavy atom. The first-order valence-corrected chi connectivity index (χ1v) is 7.41. The Balaban J connectivity index is 2.66. The maximum atomic E-state index is 10.7. The molecule has 1 aliphatic rings. The fourth-order valence-corrected chi connectivity index (χ4v) is 3.28. The van der Waals surface area contributed by atoms with Gasteiger partial charge in [-0.2, -0.15) is 0 Å². The summed E-state index contributed by atoms with van der Waals surface area (Å²) in [5.41, 5.74) is -0.306. The molecule has 0 amide bonds. The average molecular weight is 242 g/mol. The third-order valence-electron chi connectivity index (χ3n) is 4.67. The lowest BCUT2D eigenvalue weighted by atomic mass is 9.74. The molecule has 2 heteroatoms.